The van der Waals surface area contributed by atoms with Gasteiger partial charge in [0, 0.05) is 5.41 Å². The van der Waals surface area contributed by atoms with Crippen LogP contribution in [0.4, 0.5) is 0 Å². The molecule has 0 spiro atoms. The Bertz CT molecular complexity index is 2200. The van der Waals surface area contributed by atoms with E-state index in [1.165, 1.54) is 7.11 Å². The molecule has 0 radical (unpaired) electrons. The first kappa shape index (κ1) is 61.4. The Morgan fingerprint density at radius 2 is 1.15 bits per heavy atom. The standard InChI is InChI=1S/C54H86O25/c1-49(47(69)71-6)13-15-54(48(70)79-45-39(67)36(64)33(61)27(19-56)74-45)16-14-52(4)23(24(54)17-49)7-8-30-50(2)11-10-31(51(3,22-58)29(50)9-12-53(30,52)5)76-43-40(68)41(25(59)21-72-43)77-46-42(37(65)34(62)28(20-57)75-46)78-44-38(66)35(63)32(60)26(18-55)73-44/h7,24-46,55-68H,8-22H2,1-6H3/t24-,25+,26-,27-,28-,29+,30-,31+,32-,33-,34-,35+,36+,37+,38-,39-,40-,41+,42-,43+,44+,45+,46+,49+,50+,51+,52-,53-,54+/m1/s1. The Hall–Kier alpha value is -2.16. The van der Waals surface area contributed by atoms with Crippen molar-refractivity contribution in [3.05, 3.63) is 11.6 Å². The maximum Gasteiger partial charge on any atom is 0.315 e. The fourth-order valence-electron chi connectivity index (χ4n) is 16.5. The van der Waals surface area contributed by atoms with Gasteiger partial charge in [-0.25, -0.2) is 0 Å². The Morgan fingerprint density at radius 1 is 0.582 bits per heavy atom. The Balaban J connectivity index is 0.945. The van der Waals surface area contributed by atoms with Crippen LogP contribution in [0.5, 0.6) is 0 Å². The zero-order chi connectivity index (χ0) is 57.7. The number of fused-ring (bicyclic) bond motifs is 7. The Morgan fingerprint density at radius 3 is 1.76 bits per heavy atom. The quantitative estimate of drug-likeness (QED) is 0.0489. The zero-order valence-corrected chi connectivity index (χ0v) is 45.7. The molecule has 25 nitrogen and oxygen atoms in total. The highest BCUT2D eigenvalue weighted by Gasteiger charge is 2.71. The van der Waals surface area contributed by atoms with Gasteiger partial charge in [-0.05, 0) is 105 Å². The number of allylic oxidation sites excluding steroid dienone is 2. The maximum atomic E-state index is 14.9. The predicted octanol–water partition coefficient (Wildman–Crippen LogP) is -3.27. The van der Waals surface area contributed by atoms with Crippen LogP contribution in [0.1, 0.15) is 98.8 Å². The summed E-state index contributed by atoms with van der Waals surface area (Å²) in [5.74, 6) is -1.69. The summed E-state index contributed by atoms with van der Waals surface area (Å²) in [5.41, 5.74) is -3.32. The highest BCUT2D eigenvalue weighted by molar-refractivity contribution is 5.81. The average Bonchev–Trinajstić information content (AvgIpc) is 3.45. The van der Waals surface area contributed by atoms with Crippen LogP contribution in [0.2, 0.25) is 0 Å². The molecule has 4 saturated heterocycles. The lowest BCUT2D eigenvalue weighted by atomic mass is 9.33. The normalized spacial score (nSPS) is 53.8. The highest BCUT2D eigenvalue weighted by atomic mass is 16.8. The van der Waals surface area contributed by atoms with Gasteiger partial charge in [-0.3, -0.25) is 9.59 Å². The minimum Gasteiger partial charge on any atom is -0.469 e. The first-order chi connectivity index (χ1) is 37.2. The van der Waals surface area contributed by atoms with E-state index in [9.17, 15) is 81.1 Å². The molecule has 9 rings (SSSR count). The van der Waals surface area contributed by atoms with Crippen LogP contribution in [0.15, 0.2) is 11.6 Å². The number of aliphatic hydroxyl groups excluding tert-OH is 14. The predicted molar refractivity (Wildman–Crippen MR) is 265 cm³/mol. The second kappa shape index (κ2) is 22.7. The second-order valence-electron chi connectivity index (χ2n) is 25.6. The van der Waals surface area contributed by atoms with Gasteiger partial charge < -0.3 is 114 Å². The molecule has 8 fully saturated rings. The van der Waals surface area contributed by atoms with E-state index in [0.717, 1.165) is 5.57 Å². The molecule has 4 heterocycles. The van der Waals surface area contributed by atoms with Crippen molar-refractivity contribution in [1.29, 1.82) is 0 Å². The van der Waals surface area contributed by atoms with Crippen LogP contribution in [-0.4, -0.2) is 246 Å². The van der Waals surface area contributed by atoms with E-state index in [-0.39, 0.29) is 36.7 Å². The fraction of sp³-hybridized carbons (Fsp3) is 0.926. The highest BCUT2D eigenvalue weighted by Crippen LogP contribution is 2.76. The average molecular weight is 1140 g/mol. The summed E-state index contributed by atoms with van der Waals surface area (Å²) in [7, 11) is 1.34. The molecule has 4 saturated carbocycles. The number of carbonyl (C=O) groups is 2. The van der Waals surface area contributed by atoms with Gasteiger partial charge in [0.1, 0.15) is 91.6 Å². The molecule has 79 heavy (non-hydrogen) atoms. The van der Waals surface area contributed by atoms with Gasteiger partial charge in [0.2, 0.25) is 6.29 Å². The van der Waals surface area contributed by atoms with Crippen molar-refractivity contribution in [3.63, 3.8) is 0 Å². The summed E-state index contributed by atoms with van der Waals surface area (Å²) in [4.78, 5) is 28.4. The molecule has 14 N–H and O–H groups in total. The molecule has 452 valence electrons. The SMILES string of the molecule is COC(=O)[C@@]1(C)CC[C@]2(C(=O)O[C@@H]3O[C@H](CO)[C@@H](O)[C@H](O)[C@H]3O)CC[C@]3(C)C(=CC[C@@H]4[C@@]5(C)CC[C@H](O[C@@H]6OC[C@H](O)[C@H](O[C@@H]7O[C@H](CO)[C@@H](O)[C@H](O)[C@H]7O[C@@H]7O[C@H](CO)[C@@H](O)[C@H](O)[C@H]7O)[C@H]6O)[C@@](C)(CO)[C@H]5CC[C@]43C)[C@H]2C1. The summed E-state index contributed by atoms with van der Waals surface area (Å²) in [6.45, 7) is 7.54. The first-order valence-electron chi connectivity index (χ1n) is 28.0. The van der Waals surface area contributed by atoms with Crippen LogP contribution < -0.4 is 0 Å². The summed E-state index contributed by atoms with van der Waals surface area (Å²) in [6.07, 6.45) is -25.9. The van der Waals surface area contributed by atoms with E-state index in [1.54, 1.807) is 0 Å². The van der Waals surface area contributed by atoms with Crippen molar-refractivity contribution in [1.82, 2.24) is 0 Å². The molecule has 0 aromatic heterocycles. The zero-order valence-electron chi connectivity index (χ0n) is 45.7. The third-order valence-corrected chi connectivity index (χ3v) is 21.6. The van der Waals surface area contributed by atoms with Crippen molar-refractivity contribution in [3.8, 4) is 0 Å². The lowest BCUT2D eigenvalue weighted by Crippen LogP contribution is -2.67. The topological polar surface area (TPSA) is 400 Å². The lowest BCUT2D eigenvalue weighted by molar-refractivity contribution is -0.387. The number of methoxy groups -OCH3 is 1. The number of aliphatic hydroxyl groups is 14. The molecule has 29 atom stereocenters. The monoisotopic (exact) mass is 1130 g/mol. The Labute approximate surface area is 458 Å². The minimum absolute atomic E-state index is 0.0400. The van der Waals surface area contributed by atoms with Crippen molar-refractivity contribution < 1.29 is 124 Å². The van der Waals surface area contributed by atoms with Gasteiger partial charge >= 0.3 is 11.9 Å². The second-order valence-corrected chi connectivity index (χ2v) is 25.6. The molecule has 0 aromatic rings. The van der Waals surface area contributed by atoms with E-state index >= 15 is 0 Å². The molecule has 25 heteroatoms. The van der Waals surface area contributed by atoms with E-state index < -0.39 is 194 Å². The van der Waals surface area contributed by atoms with Gasteiger partial charge in [0.25, 0.3) is 0 Å². The molecule has 0 amide bonds. The van der Waals surface area contributed by atoms with Gasteiger partial charge in [-0.2, -0.15) is 0 Å². The van der Waals surface area contributed by atoms with E-state index in [4.69, 9.17) is 42.6 Å². The van der Waals surface area contributed by atoms with Crippen LogP contribution >= 0.6 is 0 Å². The number of hydrogen-bond acceptors (Lipinski definition) is 25. The first-order valence-corrected chi connectivity index (χ1v) is 28.0. The largest absolute Gasteiger partial charge is 0.469 e. The number of esters is 2. The van der Waals surface area contributed by atoms with E-state index in [0.29, 0.717) is 51.4 Å². The molecule has 0 bridgehead atoms. The molecular weight excluding hydrogens is 1050 g/mol. The van der Waals surface area contributed by atoms with E-state index in [2.05, 4.69) is 26.8 Å². The number of hydrogen-bond donors (Lipinski definition) is 14. The van der Waals surface area contributed by atoms with Gasteiger partial charge in [0.15, 0.2) is 18.9 Å². The van der Waals surface area contributed by atoms with Crippen molar-refractivity contribution in [2.75, 3.05) is 40.1 Å². The number of ether oxygens (including phenoxy) is 9. The van der Waals surface area contributed by atoms with Crippen LogP contribution in [0, 0.1) is 50.2 Å². The molecule has 9 aliphatic rings. The van der Waals surface area contributed by atoms with Gasteiger partial charge in [0.05, 0.1) is 57.1 Å². The molecule has 0 unspecified atom stereocenters. The van der Waals surface area contributed by atoms with Crippen molar-refractivity contribution in [2.24, 2.45) is 50.2 Å². The summed E-state index contributed by atoms with van der Waals surface area (Å²) < 4.78 is 52.8. The number of carbonyl (C=O) groups excluding carboxylic acids is 2. The lowest BCUT2D eigenvalue weighted by Gasteiger charge is -2.71. The summed E-state index contributed by atoms with van der Waals surface area (Å²) in [6, 6.07) is 0. The fourth-order valence-corrected chi connectivity index (χ4v) is 16.5. The number of rotatable bonds is 13. The van der Waals surface area contributed by atoms with Crippen molar-refractivity contribution >= 4 is 11.9 Å². The summed E-state index contributed by atoms with van der Waals surface area (Å²) in [5, 5.41) is 150. The van der Waals surface area contributed by atoms with Gasteiger partial charge in [-0.15, -0.1) is 0 Å². The van der Waals surface area contributed by atoms with Crippen LogP contribution in [0.3, 0.4) is 0 Å². The van der Waals surface area contributed by atoms with Crippen molar-refractivity contribution in [2.45, 2.75) is 222 Å². The molecular formula is C54H86O25. The van der Waals surface area contributed by atoms with Crippen LogP contribution in [0.25, 0.3) is 0 Å². The van der Waals surface area contributed by atoms with E-state index in [1.807, 2.05) is 13.8 Å². The third-order valence-electron chi connectivity index (χ3n) is 21.6. The van der Waals surface area contributed by atoms with Gasteiger partial charge in [-0.1, -0.05) is 39.3 Å². The van der Waals surface area contributed by atoms with Crippen LogP contribution in [-0.2, 0) is 52.2 Å². The third kappa shape index (κ3) is 9.85. The Kier molecular flexibility index (Phi) is 17.6. The molecule has 5 aliphatic carbocycles. The minimum atomic E-state index is -1.94. The summed E-state index contributed by atoms with van der Waals surface area (Å²) >= 11 is 0. The molecule has 4 aliphatic heterocycles. The maximum absolute atomic E-state index is 14.9. The molecule has 0 aromatic carbocycles. The smallest absolute Gasteiger partial charge is 0.315 e.